The number of rotatable bonds is 6. The molecule has 0 radical (unpaired) electrons. The molecule has 2 amide bonds. The number of likely N-dealkylation sites (N-methyl/N-ethyl adjacent to an activating group) is 1. The van der Waals surface area contributed by atoms with Crippen LogP contribution in [-0.4, -0.2) is 54.9 Å². The molecule has 0 spiro atoms. The number of nitrogens with zero attached hydrogens (tertiary/aromatic N) is 2. The van der Waals surface area contributed by atoms with Gasteiger partial charge in [0.2, 0.25) is 0 Å². The molecule has 0 aliphatic carbocycles. The predicted molar refractivity (Wildman–Crippen MR) is 114 cm³/mol. The monoisotopic (exact) mass is 425 g/mol. The zero-order valence-corrected chi connectivity index (χ0v) is 17.4. The quantitative estimate of drug-likeness (QED) is 0.632. The number of hydrogen-bond donors (Lipinski definition) is 2. The smallest absolute Gasteiger partial charge is 0.279 e. The van der Waals surface area contributed by atoms with Crippen LogP contribution in [-0.2, 0) is 9.59 Å². The third kappa shape index (κ3) is 5.27. The van der Waals surface area contributed by atoms with Crippen molar-refractivity contribution >= 4 is 28.6 Å². The normalized spacial score (nSPS) is 15.7. The molecule has 1 unspecified atom stereocenters. The minimum absolute atomic E-state index is 0.0306. The SMILES string of the molecule is C[NH+](CC(=O)Nc1ccc(F)cc1)CC(=O)N1CCC(c2nc3ccccc3o2)CC1. The van der Waals surface area contributed by atoms with Crippen LogP contribution in [0.4, 0.5) is 10.1 Å². The first-order valence-electron chi connectivity index (χ1n) is 10.5. The first kappa shape index (κ1) is 21.0. The Hall–Kier alpha value is -3.26. The van der Waals surface area contributed by atoms with Crippen molar-refractivity contribution in [2.45, 2.75) is 18.8 Å². The molecule has 2 aromatic carbocycles. The van der Waals surface area contributed by atoms with Crippen molar-refractivity contribution < 1.29 is 23.3 Å². The van der Waals surface area contributed by atoms with Crippen molar-refractivity contribution in [2.24, 2.45) is 0 Å². The summed E-state index contributed by atoms with van der Waals surface area (Å²) < 4.78 is 18.8. The number of piperidine rings is 1. The number of amides is 2. The number of quaternary nitrogens is 1. The van der Waals surface area contributed by atoms with E-state index in [-0.39, 0.29) is 36.6 Å². The Morgan fingerprint density at radius 2 is 1.84 bits per heavy atom. The van der Waals surface area contributed by atoms with Crippen LogP contribution in [0.1, 0.15) is 24.7 Å². The molecule has 4 rings (SSSR count). The van der Waals surface area contributed by atoms with Crippen molar-refractivity contribution in [3.63, 3.8) is 0 Å². The third-order valence-corrected chi connectivity index (χ3v) is 5.55. The van der Waals surface area contributed by atoms with Crippen LogP contribution in [0.25, 0.3) is 11.1 Å². The summed E-state index contributed by atoms with van der Waals surface area (Å²) in [6, 6.07) is 13.3. The highest BCUT2D eigenvalue weighted by molar-refractivity contribution is 5.91. The molecule has 1 aliphatic heterocycles. The lowest BCUT2D eigenvalue weighted by Crippen LogP contribution is -3.11. The highest BCUT2D eigenvalue weighted by atomic mass is 19.1. The van der Waals surface area contributed by atoms with E-state index >= 15 is 0 Å². The second-order valence-corrected chi connectivity index (χ2v) is 8.04. The summed E-state index contributed by atoms with van der Waals surface area (Å²) in [7, 11) is 1.81. The number of nitrogens with one attached hydrogen (secondary N) is 2. The van der Waals surface area contributed by atoms with Gasteiger partial charge in [-0.05, 0) is 49.2 Å². The predicted octanol–water partition coefficient (Wildman–Crippen LogP) is 1.83. The molecule has 0 bridgehead atoms. The molecule has 1 atom stereocenters. The van der Waals surface area contributed by atoms with E-state index in [0.717, 1.165) is 34.7 Å². The summed E-state index contributed by atoms with van der Waals surface area (Å²) in [5.74, 6) is 0.414. The lowest BCUT2D eigenvalue weighted by Gasteiger charge is -2.31. The Balaban J connectivity index is 1.23. The molecule has 3 aromatic rings. The summed E-state index contributed by atoms with van der Waals surface area (Å²) in [5.41, 5.74) is 2.19. The summed E-state index contributed by atoms with van der Waals surface area (Å²) in [5, 5.41) is 2.72. The fraction of sp³-hybridized carbons (Fsp3) is 0.348. The van der Waals surface area contributed by atoms with Crippen LogP contribution in [0.5, 0.6) is 0 Å². The maximum Gasteiger partial charge on any atom is 0.279 e. The van der Waals surface area contributed by atoms with Crippen LogP contribution < -0.4 is 10.2 Å². The van der Waals surface area contributed by atoms with Gasteiger partial charge in [0.05, 0.1) is 7.05 Å². The number of halogens is 1. The number of oxazole rings is 1. The van der Waals surface area contributed by atoms with E-state index in [1.54, 1.807) is 0 Å². The lowest BCUT2D eigenvalue weighted by atomic mass is 9.97. The molecule has 2 N–H and O–H groups in total. The Morgan fingerprint density at radius 1 is 1.13 bits per heavy atom. The number of fused-ring (bicyclic) bond motifs is 1. The second-order valence-electron chi connectivity index (χ2n) is 8.04. The van der Waals surface area contributed by atoms with Gasteiger partial charge in [-0.2, -0.15) is 0 Å². The van der Waals surface area contributed by atoms with E-state index in [4.69, 9.17) is 4.42 Å². The number of carbonyl (C=O) groups is 2. The second kappa shape index (κ2) is 9.26. The van der Waals surface area contributed by atoms with Gasteiger partial charge in [0, 0.05) is 24.7 Å². The average Bonchev–Trinajstić information content (AvgIpc) is 3.19. The van der Waals surface area contributed by atoms with E-state index in [0.29, 0.717) is 18.8 Å². The maximum atomic E-state index is 13.0. The van der Waals surface area contributed by atoms with Gasteiger partial charge >= 0.3 is 0 Å². The van der Waals surface area contributed by atoms with E-state index in [2.05, 4.69) is 10.3 Å². The Morgan fingerprint density at radius 3 is 2.55 bits per heavy atom. The van der Waals surface area contributed by atoms with Crippen LogP contribution in [0.2, 0.25) is 0 Å². The molecule has 7 nitrogen and oxygen atoms in total. The van der Waals surface area contributed by atoms with Crippen LogP contribution in [0, 0.1) is 5.82 Å². The zero-order chi connectivity index (χ0) is 21.8. The molecule has 8 heteroatoms. The first-order valence-corrected chi connectivity index (χ1v) is 10.5. The topological polar surface area (TPSA) is 79.9 Å². The molecule has 162 valence electrons. The number of para-hydroxylation sites is 2. The Kier molecular flexibility index (Phi) is 6.27. The van der Waals surface area contributed by atoms with E-state index in [1.807, 2.05) is 36.2 Å². The Labute approximate surface area is 179 Å². The van der Waals surface area contributed by atoms with Crippen molar-refractivity contribution in [2.75, 3.05) is 38.5 Å². The van der Waals surface area contributed by atoms with Gasteiger partial charge < -0.3 is 19.5 Å². The third-order valence-electron chi connectivity index (χ3n) is 5.55. The molecule has 1 aromatic heterocycles. The molecule has 31 heavy (non-hydrogen) atoms. The standard InChI is InChI=1S/C23H25FN4O3/c1-27(14-21(29)25-18-8-6-17(24)7-9-18)15-22(30)28-12-10-16(11-13-28)23-26-19-4-2-3-5-20(19)31-23/h2-9,16H,10-15H2,1H3,(H,25,29)/p+1. The number of carbonyl (C=O) groups excluding carboxylic acids is 2. The van der Waals surface area contributed by atoms with E-state index in [1.165, 1.54) is 24.3 Å². The summed E-state index contributed by atoms with van der Waals surface area (Å²) in [6.07, 6.45) is 1.62. The van der Waals surface area contributed by atoms with Gasteiger partial charge in [-0.25, -0.2) is 9.37 Å². The zero-order valence-electron chi connectivity index (χ0n) is 17.4. The highest BCUT2D eigenvalue weighted by Crippen LogP contribution is 2.29. The van der Waals surface area contributed by atoms with Crippen LogP contribution in [0.15, 0.2) is 52.9 Å². The van der Waals surface area contributed by atoms with Crippen molar-refractivity contribution in [3.05, 3.63) is 60.2 Å². The average molecular weight is 425 g/mol. The van der Waals surface area contributed by atoms with Gasteiger partial charge in [-0.3, -0.25) is 9.59 Å². The number of anilines is 1. The fourth-order valence-electron chi connectivity index (χ4n) is 3.89. The van der Waals surface area contributed by atoms with Crippen LogP contribution >= 0.6 is 0 Å². The van der Waals surface area contributed by atoms with Crippen molar-refractivity contribution in [3.8, 4) is 0 Å². The van der Waals surface area contributed by atoms with E-state index < -0.39 is 0 Å². The van der Waals surface area contributed by atoms with Gasteiger partial charge in [-0.1, -0.05) is 12.1 Å². The molecular formula is C23H26FN4O3+. The van der Waals surface area contributed by atoms with Gasteiger partial charge in [0.1, 0.15) is 11.3 Å². The van der Waals surface area contributed by atoms with Crippen LogP contribution in [0.3, 0.4) is 0 Å². The lowest BCUT2D eigenvalue weighted by molar-refractivity contribution is -0.862. The summed E-state index contributed by atoms with van der Waals surface area (Å²) in [6.45, 7) is 1.70. The minimum atomic E-state index is -0.355. The molecule has 0 saturated carbocycles. The summed E-state index contributed by atoms with van der Waals surface area (Å²) in [4.78, 5) is 32.1. The number of benzene rings is 2. The first-order chi connectivity index (χ1) is 15.0. The van der Waals surface area contributed by atoms with Gasteiger partial charge in [-0.15, -0.1) is 0 Å². The van der Waals surface area contributed by atoms with Crippen molar-refractivity contribution in [1.29, 1.82) is 0 Å². The molecular weight excluding hydrogens is 399 g/mol. The fourth-order valence-corrected chi connectivity index (χ4v) is 3.89. The number of aromatic nitrogens is 1. The minimum Gasteiger partial charge on any atom is -0.440 e. The highest BCUT2D eigenvalue weighted by Gasteiger charge is 2.28. The van der Waals surface area contributed by atoms with Gasteiger partial charge in [0.15, 0.2) is 24.6 Å². The number of likely N-dealkylation sites (tertiary alicyclic amines) is 1. The largest absolute Gasteiger partial charge is 0.440 e. The molecule has 1 aliphatic rings. The van der Waals surface area contributed by atoms with Crippen molar-refractivity contribution in [1.82, 2.24) is 9.88 Å². The maximum absolute atomic E-state index is 13.0. The Bertz CT molecular complexity index is 1030. The van der Waals surface area contributed by atoms with E-state index in [9.17, 15) is 14.0 Å². The molecule has 2 heterocycles. The number of hydrogen-bond acceptors (Lipinski definition) is 4. The summed E-state index contributed by atoms with van der Waals surface area (Å²) >= 11 is 0. The van der Waals surface area contributed by atoms with Gasteiger partial charge in [0.25, 0.3) is 11.8 Å². The molecule has 1 saturated heterocycles. The molecule has 1 fully saturated rings.